The predicted molar refractivity (Wildman–Crippen MR) is 230 cm³/mol. The van der Waals surface area contributed by atoms with E-state index in [2.05, 4.69) is 182 Å². The lowest BCUT2D eigenvalue weighted by Crippen LogP contribution is -1.75. The molecule has 0 heteroatoms. The highest BCUT2D eigenvalue weighted by Crippen LogP contribution is 2.26. The molecule has 9 rings (SSSR count). The van der Waals surface area contributed by atoms with Gasteiger partial charge in [0.05, 0.1) is 0 Å². The van der Waals surface area contributed by atoms with Crippen molar-refractivity contribution in [1.82, 2.24) is 0 Å². The van der Waals surface area contributed by atoms with Crippen molar-refractivity contribution >= 4 is 64.6 Å². The first-order valence-electron chi connectivity index (χ1n) is 18.4. The molecule has 0 aliphatic rings. The van der Waals surface area contributed by atoms with E-state index >= 15 is 0 Å². The van der Waals surface area contributed by atoms with E-state index in [0.29, 0.717) is 0 Å². The normalized spacial score (nSPS) is 9.60. The fraction of sp³-hybridized carbons (Fsp3) is 0.160. The minimum absolute atomic E-state index is 1.31. The number of hydrogen-bond donors (Lipinski definition) is 0. The average Bonchev–Trinajstić information content (AvgIpc) is 3.24. The van der Waals surface area contributed by atoms with Crippen LogP contribution in [0.1, 0.15) is 55.4 Å². The van der Waals surface area contributed by atoms with Gasteiger partial charge in [0.25, 0.3) is 0 Å². The minimum Gasteiger partial charge on any atom is -0.0683 e. The molecule has 0 aliphatic heterocycles. The molecule has 0 unspecified atom stereocenters. The van der Waals surface area contributed by atoms with Crippen LogP contribution in [0.15, 0.2) is 182 Å². The zero-order chi connectivity index (χ0) is 36.1. The molecular weight excluding hydrogens is 601 g/mol. The first-order chi connectivity index (χ1) is 24.8. The first kappa shape index (κ1) is 39.0. The van der Waals surface area contributed by atoms with Gasteiger partial charge in [-0.3, -0.25) is 0 Å². The molecule has 0 fully saturated rings. The average molecular weight is 655 g/mol. The van der Waals surface area contributed by atoms with Crippen molar-refractivity contribution in [2.75, 3.05) is 0 Å². The molecule has 0 aliphatic carbocycles. The quantitative estimate of drug-likeness (QED) is 0.143. The van der Waals surface area contributed by atoms with Gasteiger partial charge >= 0.3 is 0 Å². The summed E-state index contributed by atoms with van der Waals surface area (Å²) in [7, 11) is 0. The van der Waals surface area contributed by atoms with Gasteiger partial charge in [-0.2, -0.15) is 0 Å². The molecule has 0 saturated carbocycles. The molecule has 254 valence electrons. The molecule has 0 amide bonds. The highest BCUT2D eigenvalue weighted by molar-refractivity contribution is 6.09. The fourth-order valence-electron chi connectivity index (χ4n) is 5.86. The van der Waals surface area contributed by atoms with E-state index in [0.717, 1.165) is 0 Å². The maximum atomic E-state index is 2.18. The minimum atomic E-state index is 1.31. The second-order valence-corrected chi connectivity index (χ2v) is 10.5. The number of benzene rings is 9. The van der Waals surface area contributed by atoms with E-state index in [-0.39, 0.29) is 0 Å². The molecule has 9 aromatic carbocycles. The van der Waals surface area contributed by atoms with Crippen LogP contribution in [0, 0.1) is 0 Å². The van der Waals surface area contributed by atoms with Gasteiger partial charge in [0.15, 0.2) is 0 Å². The monoisotopic (exact) mass is 654 g/mol. The van der Waals surface area contributed by atoms with Crippen molar-refractivity contribution in [2.24, 2.45) is 0 Å². The van der Waals surface area contributed by atoms with Crippen molar-refractivity contribution in [2.45, 2.75) is 55.4 Å². The summed E-state index contributed by atoms with van der Waals surface area (Å²) in [5.41, 5.74) is 0. The van der Waals surface area contributed by atoms with Crippen molar-refractivity contribution in [1.29, 1.82) is 0 Å². The molecule has 0 heterocycles. The number of hydrogen-bond acceptors (Lipinski definition) is 0. The Bertz CT molecular complexity index is 1880. The van der Waals surface area contributed by atoms with Crippen molar-refractivity contribution < 1.29 is 0 Å². The maximum absolute atomic E-state index is 2.18. The van der Waals surface area contributed by atoms with Crippen molar-refractivity contribution in [3.8, 4) is 0 Å². The lowest BCUT2D eigenvalue weighted by molar-refractivity contribution is 1.50. The Morgan fingerprint density at radius 3 is 0.420 bits per heavy atom. The summed E-state index contributed by atoms with van der Waals surface area (Å²) in [6.07, 6.45) is 0. The number of rotatable bonds is 0. The molecular formula is C50H54. The summed E-state index contributed by atoms with van der Waals surface area (Å²) in [6, 6.07) is 64.1. The third-order valence-electron chi connectivity index (χ3n) is 7.96. The summed E-state index contributed by atoms with van der Waals surface area (Å²) < 4.78 is 0. The molecule has 0 aromatic heterocycles. The zero-order valence-electron chi connectivity index (χ0n) is 31.3. The van der Waals surface area contributed by atoms with Gasteiger partial charge in [-0.15, -0.1) is 0 Å². The standard InChI is InChI=1S/3C14H10.4C2H6/c3*1-3-7-13-11(5-1)9-10-12-6-2-4-8-14(12)13;4*1-2/h3*1-10H;4*1-2H3. The van der Waals surface area contributed by atoms with E-state index in [1.807, 2.05) is 55.4 Å². The lowest BCUT2D eigenvalue weighted by Gasteiger charge is -2.02. The highest BCUT2D eigenvalue weighted by atomic mass is 14.0. The highest BCUT2D eigenvalue weighted by Gasteiger charge is 1.99. The Balaban J connectivity index is 0.000000184. The van der Waals surface area contributed by atoms with E-state index in [1.54, 1.807) is 0 Å². The Morgan fingerprint density at radius 2 is 0.280 bits per heavy atom. The van der Waals surface area contributed by atoms with Gasteiger partial charge in [-0.25, -0.2) is 0 Å². The summed E-state index contributed by atoms with van der Waals surface area (Å²) in [6.45, 7) is 16.0. The van der Waals surface area contributed by atoms with Crippen LogP contribution in [0.4, 0.5) is 0 Å². The van der Waals surface area contributed by atoms with Crippen molar-refractivity contribution in [3.63, 3.8) is 0 Å². The van der Waals surface area contributed by atoms with Crippen LogP contribution in [0.3, 0.4) is 0 Å². The molecule has 0 saturated heterocycles. The van der Waals surface area contributed by atoms with Gasteiger partial charge in [0.2, 0.25) is 0 Å². The van der Waals surface area contributed by atoms with Gasteiger partial charge in [0, 0.05) is 0 Å². The molecule has 0 atom stereocenters. The third-order valence-corrected chi connectivity index (χ3v) is 7.96. The van der Waals surface area contributed by atoms with Crippen LogP contribution in [0.25, 0.3) is 64.6 Å². The van der Waals surface area contributed by atoms with Gasteiger partial charge < -0.3 is 0 Å². The van der Waals surface area contributed by atoms with Crippen LogP contribution in [0.5, 0.6) is 0 Å². The zero-order valence-corrected chi connectivity index (χ0v) is 31.3. The predicted octanol–water partition coefficient (Wildman–Crippen LogP) is 16.1. The largest absolute Gasteiger partial charge is 0.0683 e. The molecule has 0 N–H and O–H groups in total. The molecule has 0 nitrogen and oxygen atoms in total. The van der Waals surface area contributed by atoms with Gasteiger partial charge in [-0.1, -0.05) is 237 Å². The molecule has 9 aromatic rings. The van der Waals surface area contributed by atoms with Crippen LogP contribution in [-0.4, -0.2) is 0 Å². The van der Waals surface area contributed by atoms with Crippen LogP contribution < -0.4 is 0 Å². The Kier molecular flexibility index (Phi) is 16.8. The van der Waals surface area contributed by atoms with Crippen molar-refractivity contribution in [3.05, 3.63) is 182 Å². The Labute approximate surface area is 301 Å². The Hall–Kier alpha value is -5.46. The molecule has 0 radical (unpaired) electrons. The van der Waals surface area contributed by atoms with E-state index < -0.39 is 0 Å². The van der Waals surface area contributed by atoms with Gasteiger partial charge in [0.1, 0.15) is 0 Å². The topological polar surface area (TPSA) is 0 Å². The summed E-state index contributed by atoms with van der Waals surface area (Å²) in [5.74, 6) is 0. The summed E-state index contributed by atoms with van der Waals surface area (Å²) in [5, 5.41) is 15.9. The third kappa shape index (κ3) is 9.58. The molecule has 0 bridgehead atoms. The van der Waals surface area contributed by atoms with Crippen LogP contribution >= 0.6 is 0 Å². The fourth-order valence-corrected chi connectivity index (χ4v) is 5.86. The summed E-state index contributed by atoms with van der Waals surface area (Å²) >= 11 is 0. The van der Waals surface area contributed by atoms with Gasteiger partial charge in [-0.05, 0) is 64.6 Å². The van der Waals surface area contributed by atoms with E-state index in [4.69, 9.17) is 0 Å². The SMILES string of the molecule is CC.CC.CC.CC.c1ccc2c(c1)ccc1ccccc12.c1ccc2c(c1)ccc1ccccc12.c1ccc2c(c1)ccc1ccccc12. The molecule has 50 heavy (non-hydrogen) atoms. The lowest BCUT2D eigenvalue weighted by atomic mass is 10.0. The second-order valence-electron chi connectivity index (χ2n) is 10.5. The Morgan fingerprint density at radius 1 is 0.160 bits per heavy atom. The first-order valence-corrected chi connectivity index (χ1v) is 18.4. The molecule has 0 spiro atoms. The number of fused-ring (bicyclic) bond motifs is 9. The van der Waals surface area contributed by atoms with Crippen LogP contribution in [-0.2, 0) is 0 Å². The second kappa shape index (κ2) is 21.5. The van der Waals surface area contributed by atoms with E-state index in [1.165, 1.54) is 64.6 Å². The van der Waals surface area contributed by atoms with E-state index in [9.17, 15) is 0 Å². The smallest absolute Gasteiger partial charge is 0.0105 e. The van der Waals surface area contributed by atoms with Crippen LogP contribution in [0.2, 0.25) is 0 Å². The maximum Gasteiger partial charge on any atom is -0.0105 e. The summed E-state index contributed by atoms with van der Waals surface area (Å²) in [4.78, 5) is 0.